The van der Waals surface area contributed by atoms with Crippen molar-refractivity contribution in [1.29, 1.82) is 0 Å². The second-order valence-electron chi connectivity index (χ2n) is 4.18. The van der Waals surface area contributed by atoms with Gasteiger partial charge in [-0.25, -0.2) is 0 Å². The van der Waals surface area contributed by atoms with Gasteiger partial charge in [0.05, 0.1) is 5.92 Å². The molecule has 0 saturated carbocycles. The van der Waals surface area contributed by atoms with Gasteiger partial charge in [-0.05, 0) is 6.07 Å². The molecule has 2 rings (SSSR count). The summed E-state index contributed by atoms with van der Waals surface area (Å²) in [5.74, 6) is -3.04. The molecule has 0 bridgehead atoms. The molecular formula is C12H12F3NO4. The summed E-state index contributed by atoms with van der Waals surface area (Å²) in [6.07, 6.45) is -4.61. The van der Waals surface area contributed by atoms with Gasteiger partial charge in [0.25, 0.3) is 0 Å². The average molecular weight is 291 g/mol. The lowest BCUT2D eigenvalue weighted by Crippen LogP contribution is -2.25. The first kappa shape index (κ1) is 14.4. The first-order chi connectivity index (χ1) is 9.36. The van der Waals surface area contributed by atoms with Crippen LogP contribution >= 0.6 is 0 Å². The summed E-state index contributed by atoms with van der Waals surface area (Å²) in [4.78, 5) is 11.1. The van der Waals surface area contributed by atoms with Crippen LogP contribution in [-0.4, -0.2) is 30.8 Å². The maximum atomic E-state index is 12.9. The quantitative estimate of drug-likeness (QED) is 0.884. The van der Waals surface area contributed by atoms with Crippen LogP contribution in [0.3, 0.4) is 0 Å². The number of carboxylic acids is 1. The molecule has 0 fully saturated rings. The van der Waals surface area contributed by atoms with Gasteiger partial charge < -0.3 is 20.3 Å². The van der Waals surface area contributed by atoms with Gasteiger partial charge in [0.15, 0.2) is 11.5 Å². The largest absolute Gasteiger partial charge is 0.486 e. The van der Waals surface area contributed by atoms with Crippen molar-refractivity contribution in [2.24, 2.45) is 5.73 Å². The van der Waals surface area contributed by atoms with Crippen molar-refractivity contribution in [2.75, 3.05) is 19.8 Å². The van der Waals surface area contributed by atoms with Crippen LogP contribution in [-0.2, 0) is 11.0 Å². The molecule has 1 aromatic carbocycles. The lowest BCUT2D eigenvalue weighted by molar-refractivity contribution is -0.139. The van der Waals surface area contributed by atoms with Crippen molar-refractivity contribution < 1.29 is 32.5 Å². The van der Waals surface area contributed by atoms with Crippen LogP contribution in [0.1, 0.15) is 17.0 Å². The molecule has 5 nitrogen and oxygen atoms in total. The number of ether oxygens (including phenoxy) is 2. The number of carboxylic acid groups (broad SMARTS) is 1. The summed E-state index contributed by atoms with van der Waals surface area (Å²) in [6.45, 7) is -0.228. The highest BCUT2D eigenvalue weighted by Crippen LogP contribution is 2.46. The van der Waals surface area contributed by atoms with E-state index in [1.807, 2.05) is 0 Å². The number of halogens is 3. The molecule has 0 radical (unpaired) electrons. The van der Waals surface area contributed by atoms with Crippen LogP contribution in [0.5, 0.6) is 11.5 Å². The first-order valence-corrected chi connectivity index (χ1v) is 5.78. The highest BCUT2D eigenvalue weighted by molar-refractivity contribution is 5.78. The Bertz CT molecular complexity index is 530. The van der Waals surface area contributed by atoms with Gasteiger partial charge in [-0.1, -0.05) is 6.07 Å². The van der Waals surface area contributed by atoms with E-state index in [4.69, 9.17) is 20.3 Å². The van der Waals surface area contributed by atoms with Gasteiger partial charge in [-0.15, -0.1) is 0 Å². The number of rotatable bonds is 3. The SMILES string of the molecule is NCC(C(=O)O)c1ccc(C(F)(F)F)c2c1OCCO2. The van der Waals surface area contributed by atoms with Gasteiger partial charge in [0, 0.05) is 12.1 Å². The van der Waals surface area contributed by atoms with E-state index in [-0.39, 0.29) is 31.1 Å². The fraction of sp³-hybridized carbons (Fsp3) is 0.417. The highest BCUT2D eigenvalue weighted by atomic mass is 19.4. The van der Waals surface area contributed by atoms with Crippen LogP contribution in [0.4, 0.5) is 13.2 Å². The topological polar surface area (TPSA) is 81.8 Å². The first-order valence-electron chi connectivity index (χ1n) is 5.78. The number of carbonyl (C=O) groups is 1. The summed E-state index contributed by atoms with van der Waals surface area (Å²) in [7, 11) is 0. The molecule has 0 aromatic heterocycles. The van der Waals surface area contributed by atoms with Crippen LogP contribution < -0.4 is 15.2 Å². The summed E-state index contributed by atoms with van der Waals surface area (Å²) in [5.41, 5.74) is 4.46. The molecule has 8 heteroatoms. The summed E-state index contributed by atoms with van der Waals surface area (Å²) >= 11 is 0. The molecule has 0 amide bonds. The van der Waals surface area contributed by atoms with E-state index in [1.54, 1.807) is 0 Å². The van der Waals surface area contributed by atoms with Crippen molar-refractivity contribution >= 4 is 5.97 Å². The molecule has 1 aliphatic heterocycles. The zero-order valence-corrected chi connectivity index (χ0v) is 10.2. The Balaban J connectivity index is 2.59. The number of hydrogen-bond donors (Lipinski definition) is 2. The fourth-order valence-corrected chi connectivity index (χ4v) is 2.02. The van der Waals surface area contributed by atoms with Crippen LogP contribution in [0.15, 0.2) is 12.1 Å². The van der Waals surface area contributed by atoms with Crippen LogP contribution in [0.2, 0.25) is 0 Å². The van der Waals surface area contributed by atoms with Crippen molar-refractivity contribution in [3.05, 3.63) is 23.3 Å². The highest BCUT2D eigenvalue weighted by Gasteiger charge is 2.39. The third-order valence-corrected chi connectivity index (χ3v) is 2.93. The smallest absolute Gasteiger partial charge is 0.420 e. The lowest BCUT2D eigenvalue weighted by atomic mass is 9.95. The Morgan fingerprint density at radius 3 is 2.40 bits per heavy atom. The Labute approximate surface area is 112 Å². The van der Waals surface area contributed by atoms with Gasteiger partial charge in [-0.2, -0.15) is 13.2 Å². The van der Waals surface area contributed by atoms with Crippen molar-refractivity contribution in [2.45, 2.75) is 12.1 Å². The minimum atomic E-state index is -4.61. The number of nitrogens with two attached hydrogens (primary N) is 1. The Morgan fingerprint density at radius 2 is 1.90 bits per heavy atom. The van der Waals surface area contributed by atoms with E-state index in [1.165, 1.54) is 0 Å². The zero-order chi connectivity index (χ0) is 14.9. The van der Waals surface area contributed by atoms with E-state index in [0.717, 1.165) is 12.1 Å². The minimum Gasteiger partial charge on any atom is -0.486 e. The molecule has 0 spiro atoms. The molecule has 1 heterocycles. The Hall–Kier alpha value is -1.96. The summed E-state index contributed by atoms with van der Waals surface area (Å²) < 4.78 is 48.8. The molecule has 3 N–H and O–H groups in total. The molecule has 1 aromatic rings. The molecular weight excluding hydrogens is 279 g/mol. The number of aliphatic carboxylic acids is 1. The minimum absolute atomic E-state index is 0.0279. The second kappa shape index (κ2) is 5.20. The van der Waals surface area contributed by atoms with Gasteiger partial charge >= 0.3 is 12.1 Å². The van der Waals surface area contributed by atoms with Crippen molar-refractivity contribution in [3.8, 4) is 11.5 Å². The van der Waals surface area contributed by atoms with Gasteiger partial charge in [0.1, 0.15) is 18.8 Å². The Kier molecular flexibility index (Phi) is 3.76. The summed E-state index contributed by atoms with van der Waals surface area (Å²) in [6, 6.07) is 1.86. The molecule has 110 valence electrons. The van der Waals surface area contributed by atoms with E-state index < -0.39 is 29.4 Å². The Morgan fingerprint density at radius 1 is 1.30 bits per heavy atom. The molecule has 20 heavy (non-hydrogen) atoms. The number of fused-ring (bicyclic) bond motifs is 1. The van der Waals surface area contributed by atoms with Crippen molar-refractivity contribution in [3.63, 3.8) is 0 Å². The van der Waals surface area contributed by atoms with Gasteiger partial charge in [0.2, 0.25) is 0 Å². The normalized spacial score (nSPS) is 15.8. The number of alkyl halides is 3. The van der Waals surface area contributed by atoms with Crippen molar-refractivity contribution in [1.82, 2.24) is 0 Å². The van der Waals surface area contributed by atoms with E-state index in [0.29, 0.717) is 0 Å². The third kappa shape index (κ3) is 2.51. The fourth-order valence-electron chi connectivity index (χ4n) is 2.02. The lowest BCUT2D eigenvalue weighted by Gasteiger charge is -2.26. The molecule has 1 unspecified atom stereocenters. The monoisotopic (exact) mass is 291 g/mol. The van der Waals surface area contributed by atoms with Gasteiger partial charge in [-0.3, -0.25) is 4.79 Å². The average Bonchev–Trinajstić information content (AvgIpc) is 2.38. The van der Waals surface area contributed by atoms with Crippen LogP contribution in [0, 0.1) is 0 Å². The predicted octanol–water partition coefficient (Wildman–Crippen LogP) is 1.60. The number of benzene rings is 1. The second-order valence-corrected chi connectivity index (χ2v) is 4.18. The maximum absolute atomic E-state index is 12.9. The van der Waals surface area contributed by atoms with E-state index in [2.05, 4.69) is 0 Å². The maximum Gasteiger partial charge on any atom is 0.420 e. The molecule has 0 aliphatic carbocycles. The molecule has 1 aliphatic rings. The predicted molar refractivity (Wildman–Crippen MR) is 61.9 cm³/mol. The molecule has 0 saturated heterocycles. The standard InChI is InChI=1S/C12H12F3NO4/c13-12(14,15)8-2-1-6(7(5-16)11(17)18)9-10(8)20-4-3-19-9/h1-2,7H,3-5,16H2,(H,17,18). The third-order valence-electron chi connectivity index (χ3n) is 2.93. The van der Waals surface area contributed by atoms with E-state index in [9.17, 15) is 18.0 Å². The molecule has 1 atom stereocenters. The zero-order valence-electron chi connectivity index (χ0n) is 10.2. The van der Waals surface area contributed by atoms with E-state index >= 15 is 0 Å². The summed E-state index contributed by atoms with van der Waals surface area (Å²) in [5, 5.41) is 9.06. The number of hydrogen-bond acceptors (Lipinski definition) is 4. The van der Waals surface area contributed by atoms with Crippen LogP contribution in [0.25, 0.3) is 0 Å².